The largest absolute Gasteiger partial charge is 0.343 e. The Labute approximate surface area is 194 Å². The number of amides is 2. The molecule has 0 saturated carbocycles. The van der Waals surface area contributed by atoms with E-state index in [1.807, 2.05) is 39.1 Å². The summed E-state index contributed by atoms with van der Waals surface area (Å²) in [5, 5.41) is 8.93. The van der Waals surface area contributed by atoms with Crippen molar-refractivity contribution >= 4 is 28.5 Å². The first-order valence-corrected chi connectivity index (χ1v) is 11.2. The number of carbonyl (C=O) groups is 2. The summed E-state index contributed by atoms with van der Waals surface area (Å²) in [6.07, 6.45) is 4.30. The summed E-state index contributed by atoms with van der Waals surface area (Å²) in [6.45, 7) is 4.49. The summed E-state index contributed by atoms with van der Waals surface area (Å²) in [6, 6.07) is 12.0. The van der Waals surface area contributed by atoms with E-state index >= 15 is 0 Å². The standard InChI is InChI=1S/C25H32N6O2/c1-16(2)23(26)25(33)31-21(10-8-17-6-4-5-7-18(17)15-27-3)24(32)30-19-9-11-20-22(14-19)29-13-12-28-20/h4-7,9,11-14,16,21,23,27H,8,10,15,26H2,1-3H3,(H,30,32)(H,31,33). The third-order valence-corrected chi connectivity index (χ3v) is 5.58. The van der Waals surface area contributed by atoms with Crippen LogP contribution in [-0.4, -0.2) is 40.9 Å². The van der Waals surface area contributed by atoms with E-state index in [0.29, 0.717) is 24.0 Å². The molecule has 0 spiro atoms. The summed E-state index contributed by atoms with van der Waals surface area (Å²) in [4.78, 5) is 34.4. The molecule has 0 fully saturated rings. The van der Waals surface area contributed by atoms with Gasteiger partial charge in [-0.3, -0.25) is 19.6 Å². The Morgan fingerprint density at radius 2 is 1.67 bits per heavy atom. The number of nitrogens with two attached hydrogens (primary N) is 1. The number of carbonyl (C=O) groups excluding carboxylic acids is 2. The van der Waals surface area contributed by atoms with Crippen molar-refractivity contribution in [1.82, 2.24) is 20.6 Å². The lowest BCUT2D eigenvalue weighted by Gasteiger charge is -2.22. The van der Waals surface area contributed by atoms with Crippen LogP contribution in [0.1, 0.15) is 31.4 Å². The minimum atomic E-state index is -0.734. The van der Waals surface area contributed by atoms with E-state index < -0.39 is 12.1 Å². The van der Waals surface area contributed by atoms with Crippen LogP contribution < -0.4 is 21.7 Å². The van der Waals surface area contributed by atoms with Crippen molar-refractivity contribution in [3.05, 3.63) is 66.0 Å². The zero-order chi connectivity index (χ0) is 23.8. The third-order valence-electron chi connectivity index (χ3n) is 5.58. The van der Waals surface area contributed by atoms with Crippen molar-refractivity contribution in [2.24, 2.45) is 11.7 Å². The average molecular weight is 449 g/mol. The summed E-state index contributed by atoms with van der Waals surface area (Å²) in [5.74, 6) is -0.671. The van der Waals surface area contributed by atoms with Crippen LogP contribution in [0.2, 0.25) is 0 Å². The van der Waals surface area contributed by atoms with Gasteiger partial charge in [0.25, 0.3) is 0 Å². The van der Waals surface area contributed by atoms with Gasteiger partial charge in [-0.25, -0.2) is 0 Å². The number of fused-ring (bicyclic) bond motifs is 1. The number of hydrogen-bond donors (Lipinski definition) is 4. The van der Waals surface area contributed by atoms with Crippen LogP contribution in [0.3, 0.4) is 0 Å². The van der Waals surface area contributed by atoms with E-state index in [1.54, 1.807) is 30.6 Å². The Balaban J connectivity index is 1.77. The predicted octanol–water partition coefficient (Wildman–Crippen LogP) is 2.39. The van der Waals surface area contributed by atoms with Crippen LogP contribution in [0, 0.1) is 5.92 Å². The molecule has 1 heterocycles. The Kier molecular flexibility index (Phi) is 8.46. The second kappa shape index (κ2) is 11.5. The minimum absolute atomic E-state index is 0.0378. The Morgan fingerprint density at radius 3 is 2.36 bits per heavy atom. The minimum Gasteiger partial charge on any atom is -0.343 e. The van der Waals surface area contributed by atoms with Crippen molar-refractivity contribution in [2.75, 3.05) is 12.4 Å². The Morgan fingerprint density at radius 1 is 0.970 bits per heavy atom. The van der Waals surface area contributed by atoms with Crippen molar-refractivity contribution in [2.45, 2.75) is 45.3 Å². The number of rotatable bonds is 10. The molecule has 2 amide bonds. The number of aromatic nitrogens is 2. The molecular weight excluding hydrogens is 416 g/mol. The maximum atomic E-state index is 13.2. The number of hydrogen-bond acceptors (Lipinski definition) is 6. The van der Waals surface area contributed by atoms with Crippen molar-refractivity contribution in [1.29, 1.82) is 0 Å². The van der Waals surface area contributed by atoms with Crippen molar-refractivity contribution < 1.29 is 9.59 Å². The third kappa shape index (κ3) is 6.57. The molecule has 3 aromatic rings. The molecule has 33 heavy (non-hydrogen) atoms. The molecule has 0 radical (unpaired) electrons. The molecule has 0 aliphatic carbocycles. The maximum absolute atomic E-state index is 13.2. The molecule has 8 nitrogen and oxygen atoms in total. The van der Waals surface area contributed by atoms with E-state index in [1.165, 1.54) is 0 Å². The molecule has 5 N–H and O–H groups in total. The molecule has 174 valence electrons. The molecule has 3 rings (SSSR count). The highest BCUT2D eigenvalue weighted by Crippen LogP contribution is 2.17. The van der Waals surface area contributed by atoms with Gasteiger partial charge in [-0.15, -0.1) is 0 Å². The van der Waals surface area contributed by atoms with Gasteiger partial charge in [0.15, 0.2) is 0 Å². The zero-order valence-corrected chi connectivity index (χ0v) is 19.3. The molecule has 2 unspecified atom stereocenters. The van der Waals surface area contributed by atoms with Gasteiger partial charge in [0.05, 0.1) is 17.1 Å². The van der Waals surface area contributed by atoms with Gasteiger partial charge >= 0.3 is 0 Å². The molecule has 0 saturated heterocycles. The second-order valence-electron chi connectivity index (χ2n) is 8.42. The zero-order valence-electron chi connectivity index (χ0n) is 19.3. The fourth-order valence-electron chi connectivity index (χ4n) is 3.57. The molecular formula is C25H32N6O2. The van der Waals surface area contributed by atoms with Gasteiger partial charge in [-0.2, -0.15) is 0 Å². The van der Waals surface area contributed by atoms with Gasteiger partial charge in [-0.1, -0.05) is 38.1 Å². The van der Waals surface area contributed by atoms with Crippen LogP contribution in [0.25, 0.3) is 11.0 Å². The first-order valence-electron chi connectivity index (χ1n) is 11.2. The fraction of sp³-hybridized carbons (Fsp3) is 0.360. The molecule has 0 aliphatic rings. The molecule has 0 aliphatic heterocycles. The average Bonchev–Trinajstić information content (AvgIpc) is 2.81. The maximum Gasteiger partial charge on any atom is 0.246 e. The monoisotopic (exact) mass is 448 g/mol. The van der Waals surface area contributed by atoms with Crippen molar-refractivity contribution in [3.63, 3.8) is 0 Å². The van der Waals surface area contributed by atoms with Gasteiger partial charge < -0.3 is 21.7 Å². The first-order chi connectivity index (χ1) is 15.9. The number of anilines is 1. The lowest BCUT2D eigenvalue weighted by molar-refractivity contribution is -0.128. The van der Waals surface area contributed by atoms with Crippen LogP contribution >= 0.6 is 0 Å². The normalized spacial score (nSPS) is 13.0. The number of benzene rings is 2. The second-order valence-corrected chi connectivity index (χ2v) is 8.42. The summed E-state index contributed by atoms with van der Waals surface area (Å²) < 4.78 is 0. The lowest BCUT2D eigenvalue weighted by atomic mass is 9.98. The van der Waals surface area contributed by atoms with E-state index in [2.05, 4.69) is 32.0 Å². The summed E-state index contributed by atoms with van der Waals surface area (Å²) in [7, 11) is 1.90. The number of nitrogens with zero attached hydrogens (tertiary/aromatic N) is 2. The molecule has 8 heteroatoms. The highest BCUT2D eigenvalue weighted by atomic mass is 16.2. The molecule has 0 bridgehead atoms. The van der Waals surface area contributed by atoms with Gasteiger partial charge in [0, 0.05) is 24.6 Å². The number of nitrogens with one attached hydrogen (secondary N) is 3. The first kappa shape index (κ1) is 24.3. The highest BCUT2D eigenvalue weighted by molar-refractivity contribution is 5.98. The van der Waals surface area contributed by atoms with Crippen LogP contribution in [0.5, 0.6) is 0 Å². The molecule has 2 atom stereocenters. The van der Waals surface area contributed by atoms with Gasteiger partial charge in [0.2, 0.25) is 11.8 Å². The van der Waals surface area contributed by atoms with E-state index in [0.717, 1.165) is 23.2 Å². The van der Waals surface area contributed by atoms with Crippen LogP contribution in [-0.2, 0) is 22.6 Å². The predicted molar refractivity (Wildman–Crippen MR) is 130 cm³/mol. The molecule has 2 aromatic carbocycles. The lowest BCUT2D eigenvalue weighted by Crippen LogP contribution is -2.51. The van der Waals surface area contributed by atoms with Crippen LogP contribution in [0.15, 0.2) is 54.9 Å². The van der Waals surface area contributed by atoms with Gasteiger partial charge in [-0.05, 0) is 55.1 Å². The van der Waals surface area contributed by atoms with E-state index in [-0.39, 0.29) is 17.7 Å². The molecule has 1 aromatic heterocycles. The SMILES string of the molecule is CNCc1ccccc1CCC(NC(=O)C(N)C(C)C)C(=O)Nc1ccc2nccnc2c1. The smallest absolute Gasteiger partial charge is 0.246 e. The highest BCUT2D eigenvalue weighted by Gasteiger charge is 2.25. The van der Waals surface area contributed by atoms with Crippen molar-refractivity contribution in [3.8, 4) is 0 Å². The number of aryl methyl sites for hydroxylation is 1. The van der Waals surface area contributed by atoms with Crippen LogP contribution in [0.4, 0.5) is 5.69 Å². The van der Waals surface area contributed by atoms with Gasteiger partial charge in [0.1, 0.15) is 6.04 Å². The summed E-state index contributed by atoms with van der Waals surface area (Å²) >= 11 is 0. The van der Waals surface area contributed by atoms with E-state index in [4.69, 9.17) is 5.73 Å². The Bertz CT molecular complexity index is 1100. The summed E-state index contributed by atoms with van der Waals surface area (Å²) in [5.41, 5.74) is 10.3. The quantitative estimate of drug-likeness (QED) is 0.378. The topological polar surface area (TPSA) is 122 Å². The fourth-order valence-corrected chi connectivity index (χ4v) is 3.57. The Hall–Kier alpha value is -3.36. The van der Waals surface area contributed by atoms with E-state index in [9.17, 15) is 9.59 Å².